The molecule has 4 heteroatoms. The van der Waals surface area contributed by atoms with E-state index < -0.39 is 5.97 Å². The van der Waals surface area contributed by atoms with Gasteiger partial charge in [0.2, 0.25) is 0 Å². The third kappa shape index (κ3) is 1.31. The van der Waals surface area contributed by atoms with Crippen LogP contribution < -0.4 is 5.73 Å². The molecule has 0 saturated heterocycles. The number of aromatic nitrogens is 1. The molecular formula is C10H10N2O2. The van der Waals surface area contributed by atoms with Gasteiger partial charge in [-0.25, -0.2) is 0 Å². The highest BCUT2D eigenvalue weighted by Crippen LogP contribution is 2.21. The summed E-state index contributed by atoms with van der Waals surface area (Å²) in [6.45, 7) is -0.0578. The van der Waals surface area contributed by atoms with Crippen LogP contribution in [0.4, 0.5) is 5.69 Å². The zero-order valence-electron chi connectivity index (χ0n) is 7.47. The van der Waals surface area contributed by atoms with Crippen LogP contribution >= 0.6 is 0 Å². The van der Waals surface area contributed by atoms with Crippen molar-refractivity contribution in [1.82, 2.24) is 4.57 Å². The Bertz CT molecular complexity index is 488. The highest BCUT2D eigenvalue weighted by Gasteiger charge is 2.06. The Balaban J connectivity index is 2.61. The number of hydrogen-bond donors (Lipinski definition) is 2. The summed E-state index contributed by atoms with van der Waals surface area (Å²) >= 11 is 0. The summed E-state index contributed by atoms with van der Waals surface area (Å²) in [6.07, 6.45) is 1.73. The average Bonchev–Trinajstić information content (AvgIpc) is 2.49. The summed E-state index contributed by atoms with van der Waals surface area (Å²) in [5.41, 5.74) is 7.16. The zero-order chi connectivity index (χ0) is 10.1. The Morgan fingerprint density at radius 3 is 2.93 bits per heavy atom. The Labute approximate surface area is 80.6 Å². The zero-order valence-corrected chi connectivity index (χ0v) is 7.47. The molecule has 0 fully saturated rings. The van der Waals surface area contributed by atoms with Crippen LogP contribution in [0, 0.1) is 0 Å². The van der Waals surface area contributed by atoms with Crippen molar-refractivity contribution in [2.24, 2.45) is 0 Å². The van der Waals surface area contributed by atoms with Gasteiger partial charge in [0.25, 0.3) is 0 Å². The van der Waals surface area contributed by atoms with E-state index in [1.807, 2.05) is 18.2 Å². The fourth-order valence-electron chi connectivity index (χ4n) is 1.57. The molecule has 72 valence electrons. The topological polar surface area (TPSA) is 68.2 Å². The number of nitrogen functional groups attached to an aromatic ring is 1. The molecule has 1 aromatic carbocycles. The first-order valence-electron chi connectivity index (χ1n) is 4.23. The predicted molar refractivity (Wildman–Crippen MR) is 54.0 cm³/mol. The van der Waals surface area contributed by atoms with E-state index in [1.165, 1.54) is 0 Å². The molecule has 1 heterocycles. The van der Waals surface area contributed by atoms with Crippen molar-refractivity contribution >= 4 is 22.6 Å². The van der Waals surface area contributed by atoms with E-state index in [1.54, 1.807) is 16.8 Å². The van der Waals surface area contributed by atoms with E-state index in [0.717, 1.165) is 10.9 Å². The number of para-hydroxylation sites is 1. The van der Waals surface area contributed by atoms with E-state index in [9.17, 15) is 4.79 Å². The number of nitrogens with two attached hydrogens (primary N) is 1. The van der Waals surface area contributed by atoms with Gasteiger partial charge in [-0.1, -0.05) is 12.1 Å². The summed E-state index contributed by atoms with van der Waals surface area (Å²) in [5, 5.41) is 9.64. The summed E-state index contributed by atoms with van der Waals surface area (Å²) in [7, 11) is 0. The van der Waals surface area contributed by atoms with Crippen molar-refractivity contribution in [1.29, 1.82) is 0 Å². The van der Waals surface area contributed by atoms with Crippen LogP contribution in [-0.4, -0.2) is 15.6 Å². The second kappa shape index (κ2) is 3.06. The number of aliphatic carboxylic acids is 1. The van der Waals surface area contributed by atoms with Gasteiger partial charge in [-0.05, 0) is 12.1 Å². The summed E-state index contributed by atoms with van der Waals surface area (Å²) in [5.74, 6) is -0.870. The second-order valence-electron chi connectivity index (χ2n) is 3.12. The molecule has 2 rings (SSSR count). The average molecular weight is 190 g/mol. The number of nitrogens with zero attached hydrogens (tertiary/aromatic N) is 1. The van der Waals surface area contributed by atoms with Gasteiger partial charge in [0.1, 0.15) is 6.54 Å². The second-order valence-corrected chi connectivity index (χ2v) is 3.12. The van der Waals surface area contributed by atoms with Crippen molar-refractivity contribution in [2.75, 3.05) is 5.73 Å². The van der Waals surface area contributed by atoms with Gasteiger partial charge in [0.05, 0.1) is 11.2 Å². The Morgan fingerprint density at radius 2 is 2.21 bits per heavy atom. The normalized spacial score (nSPS) is 10.6. The molecule has 0 unspecified atom stereocenters. The number of rotatable bonds is 2. The molecule has 0 atom stereocenters. The van der Waals surface area contributed by atoms with Gasteiger partial charge in [-0.15, -0.1) is 0 Å². The van der Waals surface area contributed by atoms with Gasteiger partial charge in [0, 0.05) is 11.6 Å². The predicted octanol–water partition coefficient (Wildman–Crippen LogP) is 1.31. The number of carboxylic acid groups (broad SMARTS) is 1. The van der Waals surface area contributed by atoms with E-state index in [4.69, 9.17) is 10.8 Å². The van der Waals surface area contributed by atoms with E-state index in [-0.39, 0.29) is 6.54 Å². The van der Waals surface area contributed by atoms with Gasteiger partial charge < -0.3 is 15.4 Å². The lowest BCUT2D eigenvalue weighted by molar-refractivity contribution is -0.137. The molecule has 0 saturated carbocycles. The van der Waals surface area contributed by atoms with Crippen molar-refractivity contribution in [3.05, 3.63) is 30.5 Å². The highest BCUT2D eigenvalue weighted by atomic mass is 16.4. The fraction of sp³-hybridized carbons (Fsp3) is 0.100. The van der Waals surface area contributed by atoms with Gasteiger partial charge in [0.15, 0.2) is 0 Å². The molecule has 0 aliphatic heterocycles. The Hall–Kier alpha value is -1.97. The monoisotopic (exact) mass is 190 g/mol. The molecule has 3 N–H and O–H groups in total. The molecule has 0 spiro atoms. The molecule has 0 bridgehead atoms. The highest BCUT2D eigenvalue weighted by molar-refractivity contribution is 5.91. The van der Waals surface area contributed by atoms with Crippen LogP contribution in [0.15, 0.2) is 30.5 Å². The molecule has 0 aliphatic carbocycles. The molecule has 4 nitrogen and oxygen atoms in total. The van der Waals surface area contributed by atoms with E-state index in [0.29, 0.717) is 5.69 Å². The number of carboxylic acids is 1. The van der Waals surface area contributed by atoms with Gasteiger partial charge in [-0.3, -0.25) is 4.79 Å². The standard InChI is InChI=1S/C10H10N2O2/c11-8-3-1-2-7-4-5-12(10(7)8)6-9(13)14/h1-5H,6,11H2,(H,13,14). The Morgan fingerprint density at radius 1 is 1.43 bits per heavy atom. The van der Waals surface area contributed by atoms with Crippen LogP contribution in [0.5, 0.6) is 0 Å². The lowest BCUT2D eigenvalue weighted by Crippen LogP contribution is -2.08. The molecular weight excluding hydrogens is 180 g/mol. The maximum Gasteiger partial charge on any atom is 0.323 e. The van der Waals surface area contributed by atoms with Crippen LogP contribution in [-0.2, 0) is 11.3 Å². The maximum atomic E-state index is 10.6. The van der Waals surface area contributed by atoms with Crippen molar-refractivity contribution < 1.29 is 9.90 Å². The summed E-state index contributed by atoms with van der Waals surface area (Å²) < 4.78 is 1.63. The van der Waals surface area contributed by atoms with E-state index in [2.05, 4.69) is 0 Å². The first kappa shape index (κ1) is 8.62. The number of hydrogen-bond acceptors (Lipinski definition) is 2. The van der Waals surface area contributed by atoms with Crippen LogP contribution in [0.1, 0.15) is 0 Å². The molecule has 0 aliphatic rings. The van der Waals surface area contributed by atoms with Crippen LogP contribution in [0.3, 0.4) is 0 Å². The summed E-state index contributed by atoms with van der Waals surface area (Å²) in [4.78, 5) is 10.6. The fourth-order valence-corrected chi connectivity index (χ4v) is 1.57. The van der Waals surface area contributed by atoms with Gasteiger partial charge in [-0.2, -0.15) is 0 Å². The van der Waals surface area contributed by atoms with Gasteiger partial charge >= 0.3 is 5.97 Å². The third-order valence-corrected chi connectivity index (χ3v) is 2.13. The van der Waals surface area contributed by atoms with Crippen molar-refractivity contribution in [3.8, 4) is 0 Å². The number of carbonyl (C=O) groups is 1. The minimum Gasteiger partial charge on any atom is -0.480 e. The Kier molecular flexibility index (Phi) is 1.89. The number of benzene rings is 1. The number of fused-ring (bicyclic) bond motifs is 1. The molecule has 2 aromatic rings. The van der Waals surface area contributed by atoms with Crippen LogP contribution in [0.25, 0.3) is 10.9 Å². The largest absolute Gasteiger partial charge is 0.480 e. The van der Waals surface area contributed by atoms with Crippen LogP contribution in [0.2, 0.25) is 0 Å². The molecule has 14 heavy (non-hydrogen) atoms. The summed E-state index contributed by atoms with van der Waals surface area (Å²) in [6, 6.07) is 7.38. The molecule has 0 amide bonds. The molecule has 1 aromatic heterocycles. The number of anilines is 1. The van der Waals surface area contributed by atoms with Crippen molar-refractivity contribution in [3.63, 3.8) is 0 Å². The third-order valence-electron chi connectivity index (χ3n) is 2.13. The lowest BCUT2D eigenvalue weighted by atomic mass is 10.2. The quantitative estimate of drug-likeness (QED) is 0.701. The first-order valence-corrected chi connectivity index (χ1v) is 4.23. The smallest absolute Gasteiger partial charge is 0.323 e. The minimum atomic E-state index is -0.870. The van der Waals surface area contributed by atoms with E-state index >= 15 is 0 Å². The SMILES string of the molecule is Nc1cccc2ccn(CC(=O)O)c12. The molecule has 0 radical (unpaired) electrons. The maximum absolute atomic E-state index is 10.6. The first-order chi connectivity index (χ1) is 6.68. The lowest BCUT2D eigenvalue weighted by Gasteiger charge is -2.03. The van der Waals surface area contributed by atoms with Crippen molar-refractivity contribution in [2.45, 2.75) is 6.54 Å². The minimum absolute atomic E-state index is 0.0578.